The SMILES string of the molecule is Cc1ncccc1C1CCCC1=O. The predicted octanol–water partition coefficient (Wildman–Crippen LogP) is 2.23. The Hall–Kier alpha value is -1.18. The van der Waals surface area contributed by atoms with Crippen LogP contribution in [0, 0.1) is 6.92 Å². The smallest absolute Gasteiger partial charge is 0.140 e. The highest BCUT2D eigenvalue weighted by Crippen LogP contribution is 2.31. The lowest BCUT2D eigenvalue weighted by molar-refractivity contribution is -0.118. The van der Waals surface area contributed by atoms with Crippen LogP contribution in [0.15, 0.2) is 18.3 Å². The number of ketones is 1. The first-order valence-corrected chi connectivity index (χ1v) is 4.73. The van der Waals surface area contributed by atoms with Crippen LogP contribution in [0.1, 0.15) is 36.4 Å². The van der Waals surface area contributed by atoms with Gasteiger partial charge in [0.15, 0.2) is 0 Å². The molecule has 0 radical (unpaired) electrons. The van der Waals surface area contributed by atoms with Crippen LogP contribution >= 0.6 is 0 Å². The van der Waals surface area contributed by atoms with Crippen LogP contribution in [-0.4, -0.2) is 10.8 Å². The highest BCUT2D eigenvalue weighted by atomic mass is 16.1. The normalized spacial score (nSPS) is 22.2. The van der Waals surface area contributed by atoms with Crippen molar-refractivity contribution in [3.63, 3.8) is 0 Å². The maximum Gasteiger partial charge on any atom is 0.140 e. The molecule has 1 unspecified atom stereocenters. The van der Waals surface area contributed by atoms with E-state index in [1.54, 1.807) is 6.20 Å². The van der Waals surface area contributed by atoms with Gasteiger partial charge >= 0.3 is 0 Å². The maximum atomic E-state index is 11.5. The van der Waals surface area contributed by atoms with Crippen LogP contribution in [0.5, 0.6) is 0 Å². The van der Waals surface area contributed by atoms with Crippen molar-refractivity contribution in [2.45, 2.75) is 32.1 Å². The molecule has 68 valence electrons. The van der Waals surface area contributed by atoms with Crippen LogP contribution in [0.2, 0.25) is 0 Å². The predicted molar refractivity (Wildman–Crippen MR) is 50.6 cm³/mol. The van der Waals surface area contributed by atoms with Gasteiger partial charge in [-0.05, 0) is 31.4 Å². The second kappa shape index (κ2) is 3.29. The second-order valence-corrected chi connectivity index (χ2v) is 3.59. The summed E-state index contributed by atoms with van der Waals surface area (Å²) in [4.78, 5) is 15.7. The average molecular weight is 175 g/mol. The van der Waals surface area contributed by atoms with Crippen LogP contribution in [0.25, 0.3) is 0 Å². The highest BCUT2D eigenvalue weighted by Gasteiger charge is 2.26. The third-order valence-corrected chi connectivity index (χ3v) is 2.73. The number of carbonyl (C=O) groups is 1. The molecule has 0 saturated heterocycles. The van der Waals surface area contributed by atoms with E-state index < -0.39 is 0 Å². The molecule has 1 atom stereocenters. The molecule has 1 saturated carbocycles. The van der Waals surface area contributed by atoms with Gasteiger partial charge in [-0.1, -0.05) is 6.07 Å². The molecule has 1 aliphatic rings. The van der Waals surface area contributed by atoms with Crippen molar-refractivity contribution in [3.8, 4) is 0 Å². The van der Waals surface area contributed by atoms with Gasteiger partial charge in [0.1, 0.15) is 5.78 Å². The quantitative estimate of drug-likeness (QED) is 0.655. The second-order valence-electron chi connectivity index (χ2n) is 3.59. The summed E-state index contributed by atoms with van der Waals surface area (Å²) in [6, 6.07) is 3.93. The lowest BCUT2D eigenvalue weighted by Crippen LogP contribution is -2.06. The molecule has 1 heterocycles. The topological polar surface area (TPSA) is 30.0 Å². The van der Waals surface area contributed by atoms with Crippen molar-refractivity contribution in [1.82, 2.24) is 4.98 Å². The Morgan fingerprint density at radius 3 is 3.00 bits per heavy atom. The van der Waals surface area contributed by atoms with Gasteiger partial charge < -0.3 is 0 Å². The molecule has 1 fully saturated rings. The molecule has 0 aliphatic heterocycles. The number of pyridine rings is 1. The first-order chi connectivity index (χ1) is 6.29. The molecule has 0 aromatic carbocycles. The standard InChI is InChI=1S/C11H13NO/c1-8-9(5-3-7-12-8)10-4-2-6-11(10)13/h3,5,7,10H,2,4,6H2,1H3. The first kappa shape index (κ1) is 8.42. The fourth-order valence-corrected chi connectivity index (χ4v) is 2.01. The lowest BCUT2D eigenvalue weighted by atomic mass is 9.96. The highest BCUT2D eigenvalue weighted by molar-refractivity contribution is 5.87. The summed E-state index contributed by atoms with van der Waals surface area (Å²) in [5, 5.41) is 0. The molecule has 0 N–H and O–H groups in total. The summed E-state index contributed by atoms with van der Waals surface area (Å²) < 4.78 is 0. The van der Waals surface area contributed by atoms with Crippen molar-refractivity contribution in [3.05, 3.63) is 29.6 Å². The van der Waals surface area contributed by atoms with E-state index in [1.165, 1.54) is 0 Å². The third kappa shape index (κ3) is 1.48. The molecule has 1 aliphatic carbocycles. The van der Waals surface area contributed by atoms with E-state index in [2.05, 4.69) is 4.98 Å². The molecule has 2 rings (SSSR count). The van der Waals surface area contributed by atoms with E-state index in [4.69, 9.17) is 0 Å². The zero-order valence-corrected chi connectivity index (χ0v) is 7.79. The summed E-state index contributed by atoms with van der Waals surface area (Å²) in [6.07, 6.45) is 4.57. The van der Waals surface area contributed by atoms with Crippen LogP contribution in [0.3, 0.4) is 0 Å². The number of hydrogen-bond donors (Lipinski definition) is 0. The molecule has 1 aromatic rings. The molecule has 13 heavy (non-hydrogen) atoms. The summed E-state index contributed by atoms with van der Waals surface area (Å²) in [6.45, 7) is 1.97. The van der Waals surface area contributed by atoms with Crippen molar-refractivity contribution in [2.24, 2.45) is 0 Å². The molecule has 1 aromatic heterocycles. The average Bonchev–Trinajstić information content (AvgIpc) is 2.52. The van der Waals surface area contributed by atoms with Crippen LogP contribution in [-0.2, 0) is 4.79 Å². The number of aromatic nitrogens is 1. The largest absolute Gasteiger partial charge is 0.299 e. The van der Waals surface area contributed by atoms with Gasteiger partial charge in [-0.25, -0.2) is 0 Å². The zero-order valence-electron chi connectivity index (χ0n) is 7.79. The Balaban J connectivity index is 2.34. The summed E-state index contributed by atoms with van der Waals surface area (Å²) in [5.74, 6) is 0.518. The third-order valence-electron chi connectivity index (χ3n) is 2.73. The number of rotatable bonds is 1. The summed E-state index contributed by atoms with van der Waals surface area (Å²) in [7, 11) is 0. The van der Waals surface area contributed by atoms with E-state index >= 15 is 0 Å². The van der Waals surface area contributed by atoms with Gasteiger partial charge in [0.25, 0.3) is 0 Å². The zero-order chi connectivity index (χ0) is 9.26. The molecule has 0 spiro atoms. The van der Waals surface area contributed by atoms with E-state index in [0.29, 0.717) is 5.78 Å². The van der Waals surface area contributed by atoms with E-state index in [1.807, 2.05) is 19.1 Å². The first-order valence-electron chi connectivity index (χ1n) is 4.73. The van der Waals surface area contributed by atoms with Crippen molar-refractivity contribution < 1.29 is 4.79 Å². The molecular weight excluding hydrogens is 162 g/mol. The minimum atomic E-state index is 0.133. The maximum absolute atomic E-state index is 11.5. The Labute approximate surface area is 78.0 Å². The van der Waals surface area contributed by atoms with Gasteiger partial charge in [0.05, 0.1) is 0 Å². The van der Waals surface area contributed by atoms with Gasteiger partial charge in [-0.2, -0.15) is 0 Å². The van der Waals surface area contributed by atoms with Crippen LogP contribution in [0.4, 0.5) is 0 Å². The Morgan fingerprint density at radius 1 is 1.54 bits per heavy atom. The fraction of sp³-hybridized carbons (Fsp3) is 0.455. The fourth-order valence-electron chi connectivity index (χ4n) is 2.01. The number of hydrogen-bond acceptors (Lipinski definition) is 2. The lowest BCUT2D eigenvalue weighted by Gasteiger charge is -2.09. The minimum Gasteiger partial charge on any atom is -0.299 e. The van der Waals surface area contributed by atoms with Crippen molar-refractivity contribution in [2.75, 3.05) is 0 Å². The van der Waals surface area contributed by atoms with Gasteiger partial charge in [-0.3, -0.25) is 9.78 Å². The van der Waals surface area contributed by atoms with E-state index in [-0.39, 0.29) is 5.92 Å². The van der Waals surface area contributed by atoms with E-state index in [0.717, 1.165) is 30.5 Å². The Bertz CT molecular complexity index is 333. The molecule has 0 amide bonds. The monoisotopic (exact) mass is 175 g/mol. The molecule has 2 heteroatoms. The Kier molecular flexibility index (Phi) is 2.13. The van der Waals surface area contributed by atoms with Gasteiger partial charge in [0.2, 0.25) is 0 Å². The minimum absolute atomic E-state index is 0.133. The Morgan fingerprint density at radius 2 is 2.38 bits per heavy atom. The number of aryl methyl sites for hydroxylation is 1. The number of nitrogens with zero attached hydrogens (tertiary/aromatic N) is 1. The van der Waals surface area contributed by atoms with Crippen molar-refractivity contribution >= 4 is 5.78 Å². The summed E-state index contributed by atoms with van der Waals surface area (Å²) >= 11 is 0. The van der Waals surface area contributed by atoms with Crippen LogP contribution < -0.4 is 0 Å². The number of Topliss-reactive ketones (excluding diaryl/α,β-unsaturated/α-hetero) is 1. The molecule has 0 bridgehead atoms. The summed E-state index contributed by atoms with van der Waals surface area (Å²) in [5.41, 5.74) is 2.13. The van der Waals surface area contributed by atoms with Crippen molar-refractivity contribution in [1.29, 1.82) is 0 Å². The van der Waals surface area contributed by atoms with Gasteiger partial charge in [-0.15, -0.1) is 0 Å². The molecule has 2 nitrogen and oxygen atoms in total. The van der Waals surface area contributed by atoms with Gasteiger partial charge in [0, 0.05) is 24.2 Å². The molecular formula is C11H13NO. The van der Waals surface area contributed by atoms with E-state index in [9.17, 15) is 4.79 Å². The number of carbonyl (C=O) groups excluding carboxylic acids is 1.